The summed E-state index contributed by atoms with van der Waals surface area (Å²) in [6, 6.07) is -4.89. The molecule has 0 aromatic carbocycles. The Labute approximate surface area is 168 Å². The number of hydrogen-bond acceptors (Lipinski definition) is 7. The molecule has 0 fully saturated rings. The smallest absolute Gasteiger partial charge is 0.328 e. The van der Waals surface area contributed by atoms with Crippen LogP contribution in [0.15, 0.2) is 0 Å². The van der Waals surface area contributed by atoms with E-state index in [1.54, 1.807) is 13.8 Å². The normalized spacial score (nSPS) is 15.0. The minimum absolute atomic E-state index is 0.0698. The fourth-order valence-corrected chi connectivity index (χ4v) is 2.27. The van der Waals surface area contributed by atoms with E-state index >= 15 is 0 Å². The molecular formula is C17H30N4O8. The van der Waals surface area contributed by atoms with Gasteiger partial charge in [0.2, 0.25) is 17.7 Å². The zero-order valence-corrected chi connectivity index (χ0v) is 16.7. The molecule has 0 saturated carbocycles. The third-order valence-corrected chi connectivity index (χ3v) is 3.83. The molecule has 12 heteroatoms. The number of nitrogens with one attached hydrogen (secondary N) is 3. The van der Waals surface area contributed by atoms with Gasteiger partial charge in [-0.1, -0.05) is 13.8 Å². The van der Waals surface area contributed by atoms with Crippen LogP contribution in [0.5, 0.6) is 0 Å². The first-order chi connectivity index (χ1) is 13.4. The van der Waals surface area contributed by atoms with E-state index in [4.69, 9.17) is 21.1 Å². The monoisotopic (exact) mass is 418 g/mol. The summed E-state index contributed by atoms with van der Waals surface area (Å²) in [5.41, 5.74) is 5.45. The number of nitrogens with two attached hydrogens (primary N) is 1. The Balaban J connectivity index is 5.37. The lowest BCUT2D eigenvalue weighted by molar-refractivity contribution is -0.143. The first kappa shape index (κ1) is 26.3. The van der Waals surface area contributed by atoms with Gasteiger partial charge in [0, 0.05) is 6.42 Å². The molecule has 0 aromatic heterocycles. The number of aliphatic hydroxyl groups excluding tert-OH is 1. The number of carbonyl (C=O) groups excluding carboxylic acids is 3. The van der Waals surface area contributed by atoms with Crippen molar-refractivity contribution in [3.05, 3.63) is 0 Å². The third kappa shape index (κ3) is 10.4. The van der Waals surface area contributed by atoms with E-state index in [1.807, 2.05) is 0 Å². The maximum Gasteiger partial charge on any atom is 0.328 e. The van der Waals surface area contributed by atoms with E-state index < -0.39 is 66.9 Å². The molecule has 8 N–H and O–H groups in total. The lowest BCUT2D eigenvalue weighted by Gasteiger charge is -2.25. The number of carboxylic acid groups (broad SMARTS) is 2. The Kier molecular flexibility index (Phi) is 11.5. The van der Waals surface area contributed by atoms with Gasteiger partial charge < -0.3 is 37.0 Å². The number of aliphatic carboxylic acids is 2. The second-order valence-electron chi connectivity index (χ2n) is 7.05. The van der Waals surface area contributed by atoms with Gasteiger partial charge in [0.15, 0.2) is 0 Å². The largest absolute Gasteiger partial charge is 0.481 e. The molecule has 0 aliphatic heterocycles. The average molecular weight is 418 g/mol. The Morgan fingerprint density at radius 1 is 0.828 bits per heavy atom. The number of aliphatic hydroxyl groups is 1. The molecule has 3 amide bonds. The van der Waals surface area contributed by atoms with Gasteiger partial charge in [-0.15, -0.1) is 0 Å². The van der Waals surface area contributed by atoms with Crippen LogP contribution in [0.3, 0.4) is 0 Å². The van der Waals surface area contributed by atoms with Crippen LogP contribution in [-0.4, -0.2) is 75.8 Å². The second kappa shape index (κ2) is 12.7. The molecule has 0 saturated heterocycles. The highest BCUT2D eigenvalue weighted by atomic mass is 16.4. The number of amides is 3. The molecule has 29 heavy (non-hydrogen) atoms. The van der Waals surface area contributed by atoms with Crippen molar-refractivity contribution in [1.29, 1.82) is 0 Å². The average Bonchev–Trinajstić information content (AvgIpc) is 2.60. The molecule has 0 aliphatic carbocycles. The van der Waals surface area contributed by atoms with Crippen molar-refractivity contribution in [2.45, 2.75) is 64.2 Å². The summed E-state index contributed by atoms with van der Waals surface area (Å²) < 4.78 is 0. The molecule has 0 heterocycles. The van der Waals surface area contributed by atoms with Crippen molar-refractivity contribution >= 4 is 29.7 Å². The van der Waals surface area contributed by atoms with E-state index in [0.717, 1.165) is 0 Å². The van der Waals surface area contributed by atoms with Crippen molar-refractivity contribution < 1.29 is 39.3 Å². The standard InChI is InChI=1S/C17H30N4O8/c1-8(2)6-11(16(27)21-12(7-22)17(28)29)20-15(26)10(4-5-13(23)24)19-14(25)9(3)18/h8-12,22H,4-7,18H2,1-3H3,(H,19,25)(H,20,26)(H,21,27)(H,23,24)(H,28,29). The van der Waals surface area contributed by atoms with Gasteiger partial charge in [-0.3, -0.25) is 19.2 Å². The molecule has 166 valence electrons. The van der Waals surface area contributed by atoms with Gasteiger partial charge in [0.1, 0.15) is 18.1 Å². The second-order valence-corrected chi connectivity index (χ2v) is 7.05. The summed E-state index contributed by atoms with van der Waals surface area (Å²) in [6.45, 7) is 4.09. The summed E-state index contributed by atoms with van der Waals surface area (Å²) in [7, 11) is 0. The van der Waals surface area contributed by atoms with Gasteiger partial charge in [-0.05, 0) is 25.7 Å². The highest BCUT2D eigenvalue weighted by Crippen LogP contribution is 2.07. The molecule has 0 aliphatic rings. The van der Waals surface area contributed by atoms with E-state index in [1.165, 1.54) is 6.92 Å². The van der Waals surface area contributed by atoms with Crippen LogP contribution in [0.4, 0.5) is 0 Å². The highest BCUT2D eigenvalue weighted by Gasteiger charge is 2.30. The Morgan fingerprint density at radius 3 is 1.72 bits per heavy atom. The number of hydrogen-bond donors (Lipinski definition) is 7. The molecule has 0 bridgehead atoms. The summed E-state index contributed by atoms with van der Waals surface area (Å²) in [4.78, 5) is 58.6. The third-order valence-electron chi connectivity index (χ3n) is 3.83. The molecule has 0 radical (unpaired) electrons. The number of rotatable bonds is 13. The summed E-state index contributed by atoms with van der Waals surface area (Å²) in [5.74, 6) is -5.01. The molecule has 0 rings (SSSR count). The van der Waals surface area contributed by atoms with Crippen molar-refractivity contribution in [3.8, 4) is 0 Å². The van der Waals surface area contributed by atoms with Gasteiger partial charge in [0.25, 0.3) is 0 Å². The predicted molar refractivity (Wildman–Crippen MR) is 100 cm³/mol. The Hall–Kier alpha value is -2.73. The van der Waals surface area contributed by atoms with Crippen LogP contribution in [0, 0.1) is 5.92 Å². The fraction of sp³-hybridized carbons (Fsp3) is 0.706. The Bertz CT molecular complexity index is 608. The number of carboxylic acids is 2. The summed E-state index contributed by atoms with van der Waals surface area (Å²) in [5, 5.41) is 33.7. The van der Waals surface area contributed by atoms with Crippen molar-refractivity contribution in [2.24, 2.45) is 11.7 Å². The zero-order valence-electron chi connectivity index (χ0n) is 16.7. The molecule has 4 atom stereocenters. The van der Waals surface area contributed by atoms with E-state index in [-0.39, 0.29) is 18.8 Å². The highest BCUT2D eigenvalue weighted by molar-refractivity contribution is 5.94. The number of carbonyl (C=O) groups is 5. The van der Waals surface area contributed by atoms with E-state index in [9.17, 15) is 24.0 Å². The van der Waals surface area contributed by atoms with E-state index in [0.29, 0.717) is 0 Å². The quantitative estimate of drug-likeness (QED) is 0.172. The molecular weight excluding hydrogens is 388 g/mol. The van der Waals surface area contributed by atoms with E-state index in [2.05, 4.69) is 16.0 Å². The fourth-order valence-electron chi connectivity index (χ4n) is 2.27. The lowest BCUT2D eigenvalue weighted by atomic mass is 10.0. The summed E-state index contributed by atoms with van der Waals surface area (Å²) in [6.07, 6.45) is -0.504. The van der Waals surface area contributed by atoms with Crippen LogP contribution in [0.25, 0.3) is 0 Å². The topological polar surface area (TPSA) is 208 Å². The SMILES string of the molecule is CC(C)CC(NC(=O)C(CCC(=O)O)NC(=O)C(C)N)C(=O)NC(CO)C(=O)O. The van der Waals surface area contributed by atoms with Crippen LogP contribution in [-0.2, 0) is 24.0 Å². The first-order valence-electron chi connectivity index (χ1n) is 9.11. The minimum Gasteiger partial charge on any atom is -0.481 e. The lowest BCUT2D eigenvalue weighted by Crippen LogP contribution is -2.57. The molecule has 0 spiro atoms. The predicted octanol–water partition coefficient (Wildman–Crippen LogP) is -2.22. The molecule has 0 aromatic rings. The van der Waals surface area contributed by atoms with Gasteiger partial charge in [-0.2, -0.15) is 0 Å². The van der Waals surface area contributed by atoms with Crippen LogP contribution >= 0.6 is 0 Å². The van der Waals surface area contributed by atoms with Gasteiger partial charge in [-0.25, -0.2) is 4.79 Å². The molecule has 4 unspecified atom stereocenters. The van der Waals surface area contributed by atoms with Crippen molar-refractivity contribution in [2.75, 3.05) is 6.61 Å². The minimum atomic E-state index is -1.55. The van der Waals surface area contributed by atoms with Crippen LogP contribution < -0.4 is 21.7 Å². The Morgan fingerprint density at radius 2 is 1.31 bits per heavy atom. The van der Waals surface area contributed by atoms with Gasteiger partial charge in [0.05, 0.1) is 12.6 Å². The van der Waals surface area contributed by atoms with Gasteiger partial charge >= 0.3 is 11.9 Å². The van der Waals surface area contributed by atoms with Crippen LogP contribution in [0.1, 0.15) is 40.0 Å². The van der Waals surface area contributed by atoms with Crippen molar-refractivity contribution in [3.63, 3.8) is 0 Å². The molecule has 12 nitrogen and oxygen atoms in total. The first-order valence-corrected chi connectivity index (χ1v) is 9.11. The van der Waals surface area contributed by atoms with Crippen molar-refractivity contribution in [1.82, 2.24) is 16.0 Å². The van der Waals surface area contributed by atoms with Crippen LogP contribution in [0.2, 0.25) is 0 Å². The maximum absolute atomic E-state index is 12.6. The summed E-state index contributed by atoms with van der Waals surface area (Å²) >= 11 is 0. The maximum atomic E-state index is 12.6. The zero-order chi connectivity index (χ0) is 22.7.